The van der Waals surface area contributed by atoms with Gasteiger partial charge in [0.15, 0.2) is 5.16 Å². The van der Waals surface area contributed by atoms with Gasteiger partial charge < -0.3 is 10.7 Å². The molecule has 2 heterocycles. The van der Waals surface area contributed by atoms with Gasteiger partial charge in [-0.05, 0) is 11.8 Å². The van der Waals surface area contributed by atoms with Gasteiger partial charge in [-0.25, -0.2) is 15.0 Å². The molecule has 0 atom stereocenters. The Hall–Kier alpha value is -1.96. The zero-order chi connectivity index (χ0) is 11.5. The highest BCUT2D eigenvalue weighted by Gasteiger charge is 2.04. The van der Waals surface area contributed by atoms with Crippen molar-refractivity contribution in [2.24, 2.45) is 0 Å². The molecule has 0 bridgehead atoms. The summed E-state index contributed by atoms with van der Waals surface area (Å²) in [6.07, 6.45) is 1.09. The van der Waals surface area contributed by atoms with E-state index in [0.29, 0.717) is 5.03 Å². The normalized spacial score (nSPS) is 10.3. The Bertz CT molecular complexity index is 572. The van der Waals surface area contributed by atoms with E-state index < -0.39 is 5.95 Å². The monoisotopic (exact) mass is 239 g/mol. The van der Waals surface area contributed by atoms with Gasteiger partial charge in [-0.15, -0.1) is 0 Å². The van der Waals surface area contributed by atoms with Crippen molar-refractivity contribution in [3.63, 3.8) is 0 Å². The molecule has 0 spiro atoms. The number of nitrogens with one attached hydrogen (secondary N) is 1. The van der Waals surface area contributed by atoms with Gasteiger partial charge in [-0.3, -0.25) is 4.79 Å². The maximum absolute atomic E-state index is 12.7. The maximum Gasteiger partial charge on any atom is 0.253 e. The minimum atomic E-state index is -0.649. The molecule has 0 aliphatic heterocycles. The molecule has 0 aromatic carbocycles. The van der Waals surface area contributed by atoms with Crippen molar-refractivity contribution >= 4 is 17.6 Å². The van der Waals surface area contributed by atoms with Gasteiger partial charge in [-0.1, -0.05) is 0 Å². The number of halogens is 1. The van der Waals surface area contributed by atoms with Crippen LogP contribution in [0.3, 0.4) is 0 Å². The summed E-state index contributed by atoms with van der Waals surface area (Å²) in [6, 6.07) is 2.29. The van der Waals surface area contributed by atoms with Gasteiger partial charge in [0.25, 0.3) is 5.56 Å². The average Bonchev–Trinajstić information content (AvgIpc) is 2.15. The second kappa shape index (κ2) is 4.27. The van der Waals surface area contributed by atoms with Crippen LogP contribution in [-0.2, 0) is 0 Å². The van der Waals surface area contributed by atoms with E-state index in [1.54, 1.807) is 0 Å². The number of nitrogen functional groups attached to an aromatic ring is 1. The van der Waals surface area contributed by atoms with E-state index in [1.165, 1.54) is 0 Å². The zero-order valence-electron chi connectivity index (χ0n) is 7.85. The Morgan fingerprint density at radius 3 is 2.88 bits per heavy atom. The summed E-state index contributed by atoms with van der Waals surface area (Å²) >= 11 is 0.992. The standard InChI is InChI=1S/C8H6FN5OS/c9-4-1-7(12-3-11-4)16-8-13-5(10)2-6(15)14-8/h1-3H,(H3,10,13,14,15). The molecule has 2 aromatic heterocycles. The third-order valence-corrected chi connectivity index (χ3v) is 2.37. The molecule has 0 radical (unpaired) electrons. The molecule has 8 heteroatoms. The summed E-state index contributed by atoms with van der Waals surface area (Å²) < 4.78 is 12.7. The SMILES string of the molecule is Nc1cc(=O)[nH]c(Sc2cc(F)ncn2)n1. The molecule has 3 N–H and O–H groups in total. The first kappa shape index (κ1) is 10.6. The molecule has 0 aliphatic carbocycles. The average molecular weight is 239 g/mol. The van der Waals surface area contributed by atoms with Crippen molar-refractivity contribution in [2.75, 3.05) is 5.73 Å². The lowest BCUT2D eigenvalue weighted by molar-refractivity contribution is 0.572. The maximum atomic E-state index is 12.7. The zero-order valence-corrected chi connectivity index (χ0v) is 8.66. The molecule has 82 valence electrons. The van der Waals surface area contributed by atoms with E-state index in [2.05, 4.69) is 19.9 Å². The van der Waals surface area contributed by atoms with Crippen molar-refractivity contribution in [1.29, 1.82) is 0 Å². The van der Waals surface area contributed by atoms with Crippen molar-refractivity contribution in [2.45, 2.75) is 10.2 Å². The quantitative estimate of drug-likeness (QED) is 0.582. The Morgan fingerprint density at radius 1 is 1.38 bits per heavy atom. The number of H-pyrrole nitrogens is 1. The predicted molar refractivity (Wildman–Crippen MR) is 55.4 cm³/mol. The topological polar surface area (TPSA) is 97.6 Å². The highest BCUT2D eigenvalue weighted by atomic mass is 32.2. The van der Waals surface area contributed by atoms with Gasteiger partial charge in [0.1, 0.15) is 17.2 Å². The van der Waals surface area contributed by atoms with Crippen LogP contribution in [0.4, 0.5) is 10.2 Å². The van der Waals surface area contributed by atoms with Gasteiger partial charge in [0.05, 0.1) is 0 Å². The molecule has 6 nitrogen and oxygen atoms in total. The molecular weight excluding hydrogens is 233 g/mol. The molecule has 0 amide bonds. The van der Waals surface area contributed by atoms with Crippen LogP contribution >= 0.6 is 11.8 Å². The van der Waals surface area contributed by atoms with Crippen LogP contribution in [0.25, 0.3) is 0 Å². The van der Waals surface area contributed by atoms with Crippen LogP contribution in [0, 0.1) is 5.95 Å². The number of hydrogen-bond acceptors (Lipinski definition) is 6. The lowest BCUT2D eigenvalue weighted by Gasteiger charge is -1.99. The van der Waals surface area contributed by atoms with Crippen LogP contribution in [-0.4, -0.2) is 19.9 Å². The van der Waals surface area contributed by atoms with Crippen LogP contribution in [0.5, 0.6) is 0 Å². The minimum absolute atomic E-state index is 0.0979. The van der Waals surface area contributed by atoms with Gasteiger partial charge in [0, 0.05) is 12.1 Å². The number of hydrogen-bond donors (Lipinski definition) is 2. The highest BCUT2D eigenvalue weighted by Crippen LogP contribution is 2.21. The smallest absolute Gasteiger partial charge is 0.253 e. The first-order chi connectivity index (χ1) is 7.63. The molecule has 0 aliphatic rings. The summed E-state index contributed by atoms with van der Waals surface area (Å²) in [6.45, 7) is 0. The second-order valence-corrected chi connectivity index (χ2v) is 3.77. The van der Waals surface area contributed by atoms with E-state index in [4.69, 9.17) is 5.73 Å². The van der Waals surface area contributed by atoms with Crippen molar-refractivity contribution < 1.29 is 4.39 Å². The van der Waals surface area contributed by atoms with E-state index in [-0.39, 0.29) is 16.5 Å². The molecule has 2 aromatic rings. The predicted octanol–water partition coefficient (Wildman–Crippen LogP) is 0.432. The minimum Gasteiger partial charge on any atom is -0.383 e. The first-order valence-electron chi connectivity index (χ1n) is 4.16. The lowest BCUT2D eigenvalue weighted by Crippen LogP contribution is -2.09. The Morgan fingerprint density at radius 2 is 2.19 bits per heavy atom. The summed E-state index contributed by atoms with van der Waals surface area (Å²) in [4.78, 5) is 24.5. The van der Waals surface area contributed by atoms with Crippen molar-refractivity contribution in [1.82, 2.24) is 19.9 Å². The summed E-state index contributed by atoms with van der Waals surface area (Å²) in [7, 11) is 0. The van der Waals surface area contributed by atoms with Crippen molar-refractivity contribution in [3.05, 3.63) is 34.8 Å². The number of aromatic nitrogens is 4. The number of aromatic amines is 1. The number of nitrogens with zero attached hydrogens (tertiary/aromatic N) is 3. The van der Waals surface area contributed by atoms with Crippen molar-refractivity contribution in [3.8, 4) is 0 Å². The van der Waals surface area contributed by atoms with E-state index in [0.717, 1.165) is 30.2 Å². The van der Waals surface area contributed by atoms with Gasteiger partial charge in [-0.2, -0.15) is 4.39 Å². The van der Waals surface area contributed by atoms with Gasteiger partial charge in [0.2, 0.25) is 5.95 Å². The fourth-order valence-corrected chi connectivity index (χ4v) is 1.73. The van der Waals surface area contributed by atoms with Gasteiger partial charge >= 0.3 is 0 Å². The summed E-state index contributed by atoms with van der Waals surface area (Å²) in [5.74, 6) is -0.551. The van der Waals surface area contributed by atoms with Crippen LogP contribution in [0.15, 0.2) is 33.4 Å². The number of anilines is 1. The third-order valence-electron chi connectivity index (χ3n) is 1.55. The summed E-state index contributed by atoms with van der Waals surface area (Å²) in [5.41, 5.74) is 5.02. The number of nitrogens with two attached hydrogens (primary N) is 1. The number of rotatable bonds is 2. The summed E-state index contributed by atoms with van der Waals surface area (Å²) in [5, 5.41) is 0.587. The first-order valence-corrected chi connectivity index (χ1v) is 4.97. The van der Waals surface area contributed by atoms with Crippen LogP contribution in [0.2, 0.25) is 0 Å². The molecule has 0 saturated carbocycles. The van der Waals surface area contributed by atoms with E-state index in [1.807, 2.05) is 0 Å². The molecule has 0 fully saturated rings. The van der Waals surface area contributed by atoms with E-state index >= 15 is 0 Å². The Labute approximate surface area is 93.2 Å². The van der Waals surface area contributed by atoms with E-state index in [9.17, 15) is 9.18 Å². The molecule has 0 saturated heterocycles. The fraction of sp³-hybridized carbons (Fsp3) is 0. The highest BCUT2D eigenvalue weighted by molar-refractivity contribution is 7.99. The lowest BCUT2D eigenvalue weighted by atomic mass is 10.6. The molecule has 0 unspecified atom stereocenters. The Kier molecular flexibility index (Phi) is 2.82. The second-order valence-electron chi connectivity index (χ2n) is 2.76. The Balaban J connectivity index is 2.30. The largest absolute Gasteiger partial charge is 0.383 e. The van der Waals surface area contributed by atoms with Crippen LogP contribution in [0.1, 0.15) is 0 Å². The molecule has 2 rings (SSSR count). The fourth-order valence-electron chi connectivity index (χ4n) is 0.974. The third kappa shape index (κ3) is 2.54. The molecule has 16 heavy (non-hydrogen) atoms. The van der Waals surface area contributed by atoms with Crippen LogP contribution < -0.4 is 11.3 Å². The molecular formula is C8H6FN5OS.